The van der Waals surface area contributed by atoms with Crippen LogP contribution >= 0.6 is 0 Å². The fourth-order valence-electron chi connectivity index (χ4n) is 4.88. The van der Waals surface area contributed by atoms with Gasteiger partial charge in [-0.05, 0) is 55.9 Å². The van der Waals surface area contributed by atoms with E-state index in [2.05, 4.69) is 10.1 Å². The Balaban J connectivity index is 1.22. The van der Waals surface area contributed by atoms with E-state index >= 15 is 0 Å². The molecule has 1 unspecified atom stereocenters. The summed E-state index contributed by atoms with van der Waals surface area (Å²) in [6.45, 7) is 6.13. The molecule has 8 nitrogen and oxygen atoms in total. The zero-order valence-corrected chi connectivity index (χ0v) is 19.7. The molecule has 1 N–H and O–H groups in total. The molecule has 5 rings (SSSR count). The second-order valence-electron chi connectivity index (χ2n) is 9.33. The quantitative estimate of drug-likeness (QED) is 0.524. The lowest BCUT2D eigenvalue weighted by Crippen LogP contribution is -3.13. The molecule has 0 bridgehead atoms. The molecule has 0 saturated carbocycles. The molecule has 1 atom stereocenters. The second kappa shape index (κ2) is 11.0. The number of carbonyl (C=O) groups excluding carboxylic acids is 1. The minimum Gasteiger partial charge on any atom is -0.488 e. The van der Waals surface area contributed by atoms with E-state index in [-0.39, 0.29) is 12.0 Å². The van der Waals surface area contributed by atoms with Gasteiger partial charge in [-0.25, -0.2) is 9.50 Å². The summed E-state index contributed by atoms with van der Waals surface area (Å²) in [6.07, 6.45) is 9.61. The fourth-order valence-corrected chi connectivity index (χ4v) is 4.88. The molecule has 8 heteroatoms. The zero-order chi connectivity index (χ0) is 23.2. The number of quaternary nitrogens is 1. The van der Waals surface area contributed by atoms with Crippen molar-refractivity contribution < 1.29 is 19.2 Å². The topological polar surface area (TPSA) is 73.4 Å². The molecule has 1 amide bonds. The highest BCUT2D eigenvalue weighted by atomic mass is 16.5. The van der Waals surface area contributed by atoms with Gasteiger partial charge in [-0.1, -0.05) is 12.1 Å². The molecule has 3 aromatic rings. The van der Waals surface area contributed by atoms with Crippen molar-refractivity contribution in [3.8, 4) is 5.75 Å². The first kappa shape index (κ1) is 22.8. The second-order valence-corrected chi connectivity index (χ2v) is 9.33. The largest absolute Gasteiger partial charge is 0.488 e. The minimum atomic E-state index is -0.106. The van der Waals surface area contributed by atoms with Crippen LogP contribution in [-0.4, -0.2) is 70.9 Å². The number of aromatic nitrogens is 3. The van der Waals surface area contributed by atoms with Gasteiger partial charge in [0, 0.05) is 38.2 Å². The number of nitrogens with zero attached hydrogens (tertiary/aromatic N) is 4. The van der Waals surface area contributed by atoms with Crippen molar-refractivity contribution in [1.29, 1.82) is 0 Å². The van der Waals surface area contributed by atoms with Crippen molar-refractivity contribution in [2.24, 2.45) is 0 Å². The number of ether oxygens (including phenoxy) is 2. The van der Waals surface area contributed by atoms with E-state index < -0.39 is 0 Å². The number of likely N-dealkylation sites (tertiary alicyclic amines) is 1. The highest BCUT2D eigenvalue weighted by Gasteiger charge is 2.25. The van der Waals surface area contributed by atoms with E-state index in [0.717, 1.165) is 43.9 Å². The lowest BCUT2D eigenvalue weighted by molar-refractivity contribution is -0.904. The van der Waals surface area contributed by atoms with Gasteiger partial charge in [0.15, 0.2) is 11.3 Å². The molecule has 2 aliphatic rings. The summed E-state index contributed by atoms with van der Waals surface area (Å²) in [7, 11) is 0. The summed E-state index contributed by atoms with van der Waals surface area (Å²) in [6, 6.07) is 11.6. The number of hydrogen-bond donors (Lipinski definition) is 1. The normalized spacial score (nSPS) is 18.9. The third kappa shape index (κ3) is 5.74. The molecule has 1 aromatic carbocycles. The van der Waals surface area contributed by atoms with Crippen LogP contribution in [-0.2, 0) is 11.3 Å². The van der Waals surface area contributed by atoms with Gasteiger partial charge in [-0.3, -0.25) is 4.79 Å². The predicted molar refractivity (Wildman–Crippen MR) is 128 cm³/mol. The Hall–Kier alpha value is -2.97. The molecule has 2 saturated heterocycles. The van der Waals surface area contributed by atoms with Gasteiger partial charge in [0.1, 0.15) is 18.9 Å². The van der Waals surface area contributed by atoms with Gasteiger partial charge in [0.25, 0.3) is 5.91 Å². The molecule has 2 aromatic heterocycles. The lowest BCUT2D eigenvalue weighted by atomic mass is 10.1. The average molecular weight is 465 g/mol. The number of nitrogens with one attached hydrogen (secondary N) is 1. The fraction of sp³-hybridized carbons (Fsp3) is 0.500. The summed E-state index contributed by atoms with van der Waals surface area (Å²) in [5.41, 5.74) is 2.12. The number of amides is 1. The maximum absolute atomic E-state index is 13.4. The van der Waals surface area contributed by atoms with Crippen molar-refractivity contribution >= 4 is 11.6 Å². The van der Waals surface area contributed by atoms with Crippen LogP contribution < -0.4 is 9.64 Å². The van der Waals surface area contributed by atoms with E-state index in [0.29, 0.717) is 24.4 Å². The van der Waals surface area contributed by atoms with Crippen LogP contribution in [0.4, 0.5) is 0 Å². The van der Waals surface area contributed by atoms with Crippen molar-refractivity contribution in [3.63, 3.8) is 0 Å². The summed E-state index contributed by atoms with van der Waals surface area (Å²) < 4.78 is 13.4. The van der Waals surface area contributed by atoms with Crippen molar-refractivity contribution in [2.75, 3.05) is 39.4 Å². The average Bonchev–Trinajstić information content (AvgIpc) is 3.55. The van der Waals surface area contributed by atoms with Crippen LogP contribution in [0, 0.1) is 0 Å². The molecule has 0 radical (unpaired) electrons. The molecule has 4 heterocycles. The number of hydrogen-bond acceptors (Lipinski definition) is 5. The molecule has 2 aliphatic heterocycles. The number of benzene rings is 1. The van der Waals surface area contributed by atoms with Crippen LogP contribution in [0.5, 0.6) is 5.75 Å². The highest BCUT2D eigenvalue weighted by Crippen LogP contribution is 2.19. The number of piperidine rings is 1. The summed E-state index contributed by atoms with van der Waals surface area (Å²) in [5, 5.41) is 4.44. The summed E-state index contributed by atoms with van der Waals surface area (Å²) in [5.74, 6) is 0.773. The van der Waals surface area contributed by atoms with Gasteiger partial charge >= 0.3 is 0 Å². The number of fused-ring (bicyclic) bond motifs is 1. The Bertz CT molecular complexity index is 1040. The van der Waals surface area contributed by atoms with E-state index in [1.807, 2.05) is 29.2 Å². The standard InChI is InChI=1S/C26H33N5O3/c32-26(24-18-25-27-11-5-14-31(25)28-24)30(20-23-6-4-16-33-23)19-21-7-9-22(10-8-21)34-17-15-29-12-2-1-3-13-29/h5,7-11,14,18,23H,1-4,6,12-13,15-17,19-20H2/p+1. The Morgan fingerprint density at radius 2 is 2.03 bits per heavy atom. The van der Waals surface area contributed by atoms with Gasteiger partial charge < -0.3 is 19.3 Å². The zero-order valence-electron chi connectivity index (χ0n) is 19.7. The van der Waals surface area contributed by atoms with Crippen LogP contribution in [0.2, 0.25) is 0 Å². The first-order valence-electron chi connectivity index (χ1n) is 12.5. The van der Waals surface area contributed by atoms with Crippen LogP contribution in [0.25, 0.3) is 5.65 Å². The Labute approximate surface area is 200 Å². The van der Waals surface area contributed by atoms with Crippen LogP contribution in [0.1, 0.15) is 48.2 Å². The SMILES string of the molecule is O=C(c1cc2ncccn2n1)N(Cc1ccc(OCC[NH+]2CCCCC2)cc1)CC1CCCO1. The Kier molecular flexibility index (Phi) is 7.36. The van der Waals surface area contributed by atoms with Crippen molar-refractivity contribution in [1.82, 2.24) is 19.5 Å². The summed E-state index contributed by atoms with van der Waals surface area (Å²) >= 11 is 0. The van der Waals surface area contributed by atoms with Gasteiger partial charge in [-0.15, -0.1) is 0 Å². The summed E-state index contributed by atoms with van der Waals surface area (Å²) in [4.78, 5) is 21.2. The first-order valence-corrected chi connectivity index (χ1v) is 12.5. The molecule has 0 spiro atoms. The Morgan fingerprint density at radius 3 is 2.79 bits per heavy atom. The molecule has 180 valence electrons. The number of carbonyl (C=O) groups is 1. The van der Waals surface area contributed by atoms with Gasteiger partial charge in [-0.2, -0.15) is 5.10 Å². The van der Waals surface area contributed by atoms with E-state index in [1.165, 1.54) is 32.4 Å². The predicted octanol–water partition coefficient (Wildman–Crippen LogP) is 2.00. The molecule has 0 aliphatic carbocycles. The number of rotatable bonds is 9. The van der Waals surface area contributed by atoms with Crippen molar-refractivity contribution in [3.05, 3.63) is 60.0 Å². The molecule has 34 heavy (non-hydrogen) atoms. The lowest BCUT2D eigenvalue weighted by Gasteiger charge is -2.25. The third-order valence-corrected chi connectivity index (χ3v) is 6.77. The van der Waals surface area contributed by atoms with Gasteiger partial charge in [0.2, 0.25) is 0 Å². The first-order chi connectivity index (χ1) is 16.7. The minimum absolute atomic E-state index is 0.0685. The van der Waals surface area contributed by atoms with E-state index in [9.17, 15) is 4.79 Å². The van der Waals surface area contributed by atoms with E-state index in [4.69, 9.17) is 9.47 Å². The third-order valence-electron chi connectivity index (χ3n) is 6.77. The molecular formula is C26H34N5O3+. The van der Waals surface area contributed by atoms with Crippen LogP contribution in [0.3, 0.4) is 0 Å². The maximum atomic E-state index is 13.4. The van der Waals surface area contributed by atoms with Crippen molar-refractivity contribution in [2.45, 2.75) is 44.8 Å². The smallest absolute Gasteiger partial charge is 0.274 e. The van der Waals surface area contributed by atoms with Crippen LogP contribution in [0.15, 0.2) is 48.8 Å². The highest BCUT2D eigenvalue weighted by molar-refractivity contribution is 5.93. The monoisotopic (exact) mass is 464 g/mol. The molecule has 2 fully saturated rings. The Morgan fingerprint density at radius 1 is 1.18 bits per heavy atom. The van der Waals surface area contributed by atoms with E-state index in [1.54, 1.807) is 33.9 Å². The van der Waals surface area contributed by atoms with Gasteiger partial charge in [0.05, 0.1) is 19.2 Å². The molecular weight excluding hydrogens is 430 g/mol. The maximum Gasteiger partial charge on any atom is 0.274 e.